The summed E-state index contributed by atoms with van der Waals surface area (Å²) >= 11 is 0. The van der Waals surface area contributed by atoms with E-state index < -0.39 is 11.9 Å². The normalized spacial score (nSPS) is 42.9. The van der Waals surface area contributed by atoms with Crippen LogP contribution in [0.15, 0.2) is 0 Å². The number of rotatable bonds is 2. The third-order valence-corrected chi connectivity index (χ3v) is 5.97. The van der Waals surface area contributed by atoms with Crippen LogP contribution < -0.4 is 0 Å². The van der Waals surface area contributed by atoms with Crippen LogP contribution >= 0.6 is 0 Å². The van der Waals surface area contributed by atoms with Gasteiger partial charge in [0, 0.05) is 13.1 Å². The lowest BCUT2D eigenvalue weighted by molar-refractivity contribution is -0.163. The first-order chi connectivity index (χ1) is 9.97. The van der Waals surface area contributed by atoms with Crippen molar-refractivity contribution >= 4 is 11.9 Å². The topological polar surface area (TPSA) is 57.6 Å². The first-order valence-electron chi connectivity index (χ1n) is 8.49. The number of carboxylic acids is 1. The maximum Gasteiger partial charge on any atom is 0.307 e. The number of piperidine rings is 1. The van der Waals surface area contributed by atoms with Gasteiger partial charge in [0.1, 0.15) is 0 Å². The van der Waals surface area contributed by atoms with Crippen LogP contribution in [0, 0.1) is 35.5 Å². The monoisotopic (exact) mass is 293 g/mol. The van der Waals surface area contributed by atoms with E-state index in [0.29, 0.717) is 17.8 Å². The lowest BCUT2D eigenvalue weighted by atomic mass is 9.58. The van der Waals surface area contributed by atoms with Crippen LogP contribution in [0.5, 0.6) is 0 Å². The Morgan fingerprint density at radius 3 is 1.86 bits per heavy atom. The van der Waals surface area contributed by atoms with Gasteiger partial charge in [-0.15, -0.1) is 0 Å². The second-order valence-electron chi connectivity index (χ2n) is 7.75. The van der Waals surface area contributed by atoms with Crippen molar-refractivity contribution in [2.45, 2.75) is 46.0 Å². The summed E-state index contributed by atoms with van der Waals surface area (Å²) < 4.78 is 0. The molecule has 4 rings (SSSR count). The number of amides is 1. The van der Waals surface area contributed by atoms with Gasteiger partial charge in [-0.2, -0.15) is 0 Å². The minimum Gasteiger partial charge on any atom is -0.481 e. The molecule has 4 aliphatic rings. The molecule has 0 radical (unpaired) electrons. The fourth-order valence-corrected chi connectivity index (χ4v) is 5.21. The van der Waals surface area contributed by atoms with Gasteiger partial charge < -0.3 is 10.0 Å². The number of nitrogens with zero attached hydrogens (tertiary/aromatic N) is 1. The summed E-state index contributed by atoms with van der Waals surface area (Å²) in [6.45, 7) is 6.00. The van der Waals surface area contributed by atoms with Crippen LogP contribution in [0.3, 0.4) is 0 Å². The predicted octanol–water partition coefficient (Wildman–Crippen LogP) is 2.63. The number of carbonyl (C=O) groups is 2. The molecule has 1 saturated heterocycles. The third-order valence-electron chi connectivity index (χ3n) is 5.97. The molecule has 0 aromatic carbocycles. The summed E-state index contributed by atoms with van der Waals surface area (Å²) in [6.07, 6.45) is 5.26. The van der Waals surface area contributed by atoms with Crippen LogP contribution in [0.1, 0.15) is 46.0 Å². The molecule has 0 unspecified atom stereocenters. The van der Waals surface area contributed by atoms with Gasteiger partial charge in [-0.1, -0.05) is 13.8 Å². The Morgan fingerprint density at radius 1 is 0.905 bits per heavy atom. The van der Waals surface area contributed by atoms with E-state index >= 15 is 0 Å². The Hall–Kier alpha value is -1.06. The van der Waals surface area contributed by atoms with Gasteiger partial charge in [-0.3, -0.25) is 9.59 Å². The number of hydrogen-bond acceptors (Lipinski definition) is 2. The highest BCUT2D eigenvalue weighted by atomic mass is 16.4. The van der Waals surface area contributed by atoms with Crippen molar-refractivity contribution in [2.75, 3.05) is 13.1 Å². The van der Waals surface area contributed by atoms with Crippen LogP contribution in [0.25, 0.3) is 0 Å². The maximum atomic E-state index is 13.0. The van der Waals surface area contributed by atoms with Crippen molar-refractivity contribution in [3.05, 3.63) is 0 Å². The minimum atomic E-state index is -0.749. The molecule has 3 aliphatic carbocycles. The number of fused-ring (bicyclic) bond motifs is 3. The molecule has 4 atom stereocenters. The van der Waals surface area contributed by atoms with E-state index in [2.05, 4.69) is 13.8 Å². The molecule has 4 nitrogen and oxygen atoms in total. The van der Waals surface area contributed by atoms with E-state index in [9.17, 15) is 14.7 Å². The van der Waals surface area contributed by atoms with E-state index in [1.54, 1.807) is 0 Å². The van der Waals surface area contributed by atoms with E-state index in [4.69, 9.17) is 0 Å². The quantitative estimate of drug-likeness (QED) is 0.851. The van der Waals surface area contributed by atoms with Crippen LogP contribution in [-0.4, -0.2) is 35.0 Å². The second-order valence-corrected chi connectivity index (χ2v) is 7.75. The molecular formula is C17H27NO3. The molecule has 0 aromatic heterocycles. The molecule has 118 valence electrons. The minimum absolute atomic E-state index is 0.134. The van der Waals surface area contributed by atoms with Gasteiger partial charge in [0.2, 0.25) is 5.91 Å². The van der Waals surface area contributed by atoms with E-state index in [0.717, 1.165) is 38.8 Å². The van der Waals surface area contributed by atoms with Crippen molar-refractivity contribution in [1.82, 2.24) is 4.90 Å². The zero-order valence-electron chi connectivity index (χ0n) is 13.1. The van der Waals surface area contributed by atoms with Crippen LogP contribution in [0.4, 0.5) is 0 Å². The molecule has 3 saturated carbocycles. The summed E-state index contributed by atoms with van der Waals surface area (Å²) in [6, 6.07) is 0. The predicted molar refractivity (Wildman–Crippen MR) is 79.6 cm³/mol. The van der Waals surface area contributed by atoms with Gasteiger partial charge in [0.15, 0.2) is 0 Å². The molecule has 0 aromatic rings. The average molecular weight is 293 g/mol. The SMILES string of the molecule is C[C@@H]1C[C@@H](C)CN(C(=O)[C@@H]2C3CCC(CC3)[C@@H]2C(=O)O)C1. The second kappa shape index (κ2) is 5.62. The average Bonchev–Trinajstić information content (AvgIpc) is 2.45. The van der Waals surface area contributed by atoms with Crippen molar-refractivity contribution in [3.8, 4) is 0 Å². The highest BCUT2D eigenvalue weighted by molar-refractivity contribution is 5.86. The van der Waals surface area contributed by atoms with Gasteiger partial charge >= 0.3 is 5.97 Å². The van der Waals surface area contributed by atoms with Crippen molar-refractivity contribution < 1.29 is 14.7 Å². The molecule has 1 amide bonds. The number of likely N-dealkylation sites (tertiary alicyclic amines) is 1. The molecule has 1 heterocycles. The molecule has 4 fully saturated rings. The highest BCUT2D eigenvalue weighted by Gasteiger charge is 2.51. The smallest absolute Gasteiger partial charge is 0.307 e. The first-order valence-corrected chi connectivity index (χ1v) is 8.49. The van der Waals surface area contributed by atoms with Crippen LogP contribution in [-0.2, 0) is 9.59 Å². The van der Waals surface area contributed by atoms with E-state index in [1.807, 2.05) is 4.90 Å². The first kappa shape index (κ1) is 14.9. The largest absolute Gasteiger partial charge is 0.481 e. The lowest BCUT2D eigenvalue weighted by Crippen LogP contribution is -2.54. The highest BCUT2D eigenvalue weighted by Crippen LogP contribution is 2.49. The number of hydrogen-bond donors (Lipinski definition) is 1. The molecule has 0 spiro atoms. The van der Waals surface area contributed by atoms with E-state index in [1.165, 1.54) is 6.42 Å². The Labute approximate surface area is 126 Å². The zero-order valence-corrected chi connectivity index (χ0v) is 13.1. The molecule has 1 N–H and O–H groups in total. The van der Waals surface area contributed by atoms with Gasteiger partial charge in [0.25, 0.3) is 0 Å². The Morgan fingerprint density at radius 2 is 1.38 bits per heavy atom. The van der Waals surface area contributed by atoms with Crippen molar-refractivity contribution in [1.29, 1.82) is 0 Å². The van der Waals surface area contributed by atoms with Gasteiger partial charge in [-0.05, 0) is 55.8 Å². The molecule has 1 aliphatic heterocycles. The van der Waals surface area contributed by atoms with E-state index in [-0.39, 0.29) is 17.7 Å². The number of carboxylic acid groups (broad SMARTS) is 1. The lowest BCUT2D eigenvalue weighted by Gasteiger charge is -2.48. The summed E-state index contributed by atoms with van der Waals surface area (Å²) in [4.78, 5) is 26.7. The fraction of sp³-hybridized carbons (Fsp3) is 0.882. The Balaban J connectivity index is 1.80. The third kappa shape index (κ3) is 2.69. The van der Waals surface area contributed by atoms with Crippen molar-refractivity contribution in [3.63, 3.8) is 0 Å². The Bertz CT molecular complexity index is 418. The number of carbonyl (C=O) groups excluding carboxylic acids is 1. The standard InChI is InChI=1S/C17H27NO3/c1-10-7-11(2)9-18(8-10)16(19)14-12-3-5-13(6-4-12)15(14)17(20)21/h10-15H,3-9H2,1-2H3,(H,20,21)/t10-,11-,12?,13?,14-,15+/m1/s1. The molecule has 21 heavy (non-hydrogen) atoms. The summed E-state index contributed by atoms with van der Waals surface area (Å²) in [5.41, 5.74) is 0. The zero-order chi connectivity index (χ0) is 15.1. The van der Waals surface area contributed by atoms with Gasteiger partial charge in [-0.25, -0.2) is 0 Å². The Kier molecular flexibility index (Phi) is 3.98. The van der Waals surface area contributed by atoms with Gasteiger partial charge in [0.05, 0.1) is 11.8 Å². The molecular weight excluding hydrogens is 266 g/mol. The van der Waals surface area contributed by atoms with Crippen LogP contribution in [0.2, 0.25) is 0 Å². The maximum absolute atomic E-state index is 13.0. The summed E-state index contributed by atoms with van der Waals surface area (Å²) in [7, 11) is 0. The number of aliphatic carboxylic acids is 1. The fourth-order valence-electron chi connectivity index (χ4n) is 5.21. The summed E-state index contributed by atoms with van der Waals surface area (Å²) in [5, 5.41) is 9.61. The summed E-state index contributed by atoms with van der Waals surface area (Å²) in [5.74, 6) is 0.279. The molecule has 4 heteroatoms. The molecule has 2 bridgehead atoms. The van der Waals surface area contributed by atoms with Crippen molar-refractivity contribution in [2.24, 2.45) is 35.5 Å².